The molecule has 3 nitrogen and oxygen atoms in total. The van der Waals surface area contributed by atoms with E-state index in [0.717, 1.165) is 16.9 Å². The van der Waals surface area contributed by atoms with E-state index < -0.39 is 5.41 Å². The highest BCUT2D eigenvalue weighted by atomic mass is 15.2. The van der Waals surface area contributed by atoms with Crippen LogP contribution in [-0.4, -0.2) is 0 Å². The standard InChI is InChI=1S/C53H39N3/c1-4-17-36(18-5-1)48-35-49(55-52(54-48)37-19-6-2-7-20-37)40-22-16-21-38(33-40)39-31-32-43-42-25-10-11-26-44(42)53(47(43)34-39)45-27-12-14-29-50(45)56(41-23-8-3-9-24-41)51-30-15-13-28-46(51)53/h1-35,48,52,54-55H. The first kappa shape index (κ1) is 32.5. The van der Waals surface area contributed by atoms with Crippen LogP contribution in [0.15, 0.2) is 212 Å². The Bertz CT molecular complexity index is 2720. The first-order chi connectivity index (χ1) is 27.8. The van der Waals surface area contributed by atoms with Crippen LogP contribution in [-0.2, 0) is 5.41 Å². The molecule has 0 amide bonds. The number of nitrogens with one attached hydrogen (secondary N) is 2. The maximum Gasteiger partial charge on any atom is 0.104 e. The van der Waals surface area contributed by atoms with Crippen LogP contribution < -0.4 is 15.5 Å². The second-order valence-corrected chi connectivity index (χ2v) is 15.0. The van der Waals surface area contributed by atoms with Crippen molar-refractivity contribution in [3.8, 4) is 22.3 Å². The van der Waals surface area contributed by atoms with Crippen LogP contribution in [0.25, 0.3) is 28.0 Å². The summed E-state index contributed by atoms with van der Waals surface area (Å²) in [4.78, 5) is 2.44. The van der Waals surface area contributed by atoms with Gasteiger partial charge in [-0.15, -0.1) is 0 Å². The molecule has 1 aliphatic carbocycles. The molecule has 0 radical (unpaired) electrons. The Kier molecular flexibility index (Phi) is 7.61. The fourth-order valence-corrected chi connectivity index (χ4v) is 9.50. The molecule has 0 saturated heterocycles. The quantitative estimate of drug-likeness (QED) is 0.186. The molecule has 8 aromatic rings. The number of rotatable bonds is 5. The molecule has 11 rings (SSSR count). The zero-order chi connectivity index (χ0) is 37.1. The Labute approximate surface area is 328 Å². The fraction of sp³-hybridized carbons (Fsp3) is 0.0566. The lowest BCUT2D eigenvalue weighted by atomic mass is 9.64. The summed E-state index contributed by atoms with van der Waals surface area (Å²) in [6.07, 6.45) is 2.29. The summed E-state index contributed by atoms with van der Waals surface area (Å²) < 4.78 is 0. The van der Waals surface area contributed by atoms with E-state index in [1.165, 1.54) is 67.0 Å². The predicted octanol–water partition coefficient (Wildman–Crippen LogP) is 12.5. The Balaban J connectivity index is 1.08. The van der Waals surface area contributed by atoms with Crippen molar-refractivity contribution in [3.05, 3.63) is 251 Å². The monoisotopic (exact) mass is 717 g/mol. The molecule has 266 valence electrons. The third-order valence-electron chi connectivity index (χ3n) is 11.9. The van der Waals surface area contributed by atoms with E-state index in [-0.39, 0.29) is 12.2 Å². The van der Waals surface area contributed by atoms with Crippen molar-refractivity contribution in [2.75, 3.05) is 4.90 Å². The number of anilines is 3. The average molecular weight is 718 g/mol. The lowest BCUT2D eigenvalue weighted by Gasteiger charge is -2.45. The molecule has 3 aliphatic rings. The number of fused-ring (bicyclic) bond motifs is 9. The molecule has 8 aromatic carbocycles. The molecule has 2 unspecified atom stereocenters. The molecular formula is C53H39N3. The van der Waals surface area contributed by atoms with Gasteiger partial charge in [-0.1, -0.05) is 170 Å². The Morgan fingerprint density at radius 2 is 0.964 bits per heavy atom. The molecule has 0 fully saturated rings. The highest BCUT2D eigenvalue weighted by Crippen LogP contribution is 2.63. The second-order valence-electron chi connectivity index (χ2n) is 15.0. The predicted molar refractivity (Wildman–Crippen MR) is 230 cm³/mol. The molecule has 1 spiro atoms. The van der Waals surface area contributed by atoms with E-state index in [2.05, 4.69) is 228 Å². The van der Waals surface area contributed by atoms with Gasteiger partial charge in [0.05, 0.1) is 22.8 Å². The van der Waals surface area contributed by atoms with Crippen LogP contribution >= 0.6 is 0 Å². The summed E-state index contributed by atoms with van der Waals surface area (Å²) in [5.41, 5.74) is 18.0. The minimum atomic E-state index is -0.497. The van der Waals surface area contributed by atoms with Crippen LogP contribution in [0.4, 0.5) is 17.1 Å². The number of hydrogen-bond donors (Lipinski definition) is 2. The van der Waals surface area contributed by atoms with Crippen molar-refractivity contribution in [3.63, 3.8) is 0 Å². The largest absolute Gasteiger partial charge is 0.366 e. The summed E-state index contributed by atoms with van der Waals surface area (Å²) >= 11 is 0. The van der Waals surface area contributed by atoms with Gasteiger partial charge in [0.15, 0.2) is 0 Å². The van der Waals surface area contributed by atoms with E-state index in [1.807, 2.05) is 0 Å². The first-order valence-corrected chi connectivity index (χ1v) is 19.5. The van der Waals surface area contributed by atoms with Gasteiger partial charge in [-0.2, -0.15) is 0 Å². The summed E-state index contributed by atoms with van der Waals surface area (Å²) in [6, 6.07) is 75.5. The van der Waals surface area contributed by atoms with Gasteiger partial charge in [0.2, 0.25) is 0 Å². The van der Waals surface area contributed by atoms with Gasteiger partial charge in [0, 0.05) is 11.4 Å². The van der Waals surface area contributed by atoms with E-state index in [4.69, 9.17) is 0 Å². The van der Waals surface area contributed by atoms with E-state index >= 15 is 0 Å². The topological polar surface area (TPSA) is 27.3 Å². The van der Waals surface area contributed by atoms with E-state index in [0.29, 0.717) is 0 Å². The molecule has 3 heteroatoms. The highest BCUT2D eigenvalue weighted by molar-refractivity contribution is 5.96. The number of nitrogens with zero attached hydrogens (tertiary/aromatic N) is 1. The molecule has 56 heavy (non-hydrogen) atoms. The summed E-state index contributed by atoms with van der Waals surface area (Å²) in [5.74, 6) is 0. The highest BCUT2D eigenvalue weighted by Gasteiger charge is 2.51. The van der Waals surface area contributed by atoms with Crippen molar-refractivity contribution in [1.29, 1.82) is 0 Å². The van der Waals surface area contributed by atoms with Crippen LogP contribution in [0.3, 0.4) is 0 Å². The Morgan fingerprint density at radius 3 is 1.68 bits per heavy atom. The van der Waals surface area contributed by atoms with Crippen molar-refractivity contribution in [1.82, 2.24) is 10.6 Å². The van der Waals surface area contributed by atoms with Gasteiger partial charge in [-0.05, 0) is 104 Å². The van der Waals surface area contributed by atoms with Crippen molar-refractivity contribution < 1.29 is 0 Å². The lowest BCUT2D eigenvalue weighted by Crippen LogP contribution is -2.39. The number of para-hydroxylation sites is 3. The van der Waals surface area contributed by atoms with Crippen LogP contribution in [0, 0.1) is 0 Å². The van der Waals surface area contributed by atoms with Crippen molar-refractivity contribution in [2.24, 2.45) is 0 Å². The Morgan fingerprint density at radius 1 is 0.411 bits per heavy atom. The Hall–Kier alpha value is -6.94. The summed E-state index contributed by atoms with van der Waals surface area (Å²) in [7, 11) is 0. The third-order valence-corrected chi connectivity index (χ3v) is 11.9. The van der Waals surface area contributed by atoms with E-state index in [9.17, 15) is 0 Å². The van der Waals surface area contributed by atoms with Crippen LogP contribution in [0.2, 0.25) is 0 Å². The van der Waals surface area contributed by atoms with Gasteiger partial charge in [-0.3, -0.25) is 5.32 Å². The van der Waals surface area contributed by atoms with Gasteiger partial charge >= 0.3 is 0 Å². The second kappa shape index (κ2) is 13.1. The SMILES string of the molecule is C1=C(c2cccc(-c3ccc4c(c3)C3(c5ccccc5-4)c4ccccc4N(c4ccccc4)c4ccccc43)c2)NC(c2ccccc2)NC1c1ccccc1. The van der Waals surface area contributed by atoms with Crippen molar-refractivity contribution >= 4 is 22.8 Å². The smallest absolute Gasteiger partial charge is 0.104 e. The molecule has 0 aromatic heterocycles. The lowest BCUT2D eigenvalue weighted by molar-refractivity contribution is 0.442. The van der Waals surface area contributed by atoms with Crippen LogP contribution in [0.5, 0.6) is 0 Å². The third kappa shape index (κ3) is 5.02. The maximum atomic E-state index is 3.85. The minimum Gasteiger partial charge on any atom is -0.366 e. The maximum absolute atomic E-state index is 3.85. The summed E-state index contributed by atoms with van der Waals surface area (Å²) in [5, 5.41) is 7.69. The first-order valence-electron chi connectivity index (χ1n) is 19.5. The molecule has 0 saturated carbocycles. The average Bonchev–Trinajstić information content (AvgIpc) is 3.57. The zero-order valence-corrected chi connectivity index (χ0v) is 30.8. The zero-order valence-electron chi connectivity index (χ0n) is 30.8. The minimum absolute atomic E-state index is 0.0368. The normalized spacial score (nSPS) is 17.2. The van der Waals surface area contributed by atoms with Gasteiger partial charge in [-0.25, -0.2) is 0 Å². The molecule has 2 atom stereocenters. The molecular weight excluding hydrogens is 679 g/mol. The molecule has 2 heterocycles. The van der Waals surface area contributed by atoms with E-state index in [1.54, 1.807) is 0 Å². The molecule has 2 N–H and O–H groups in total. The summed E-state index contributed by atoms with van der Waals surface area (Å²) in [6.45, 7) is 0. The number of hydrogen-bond acceptors (Lipinski definition) is 3. The van der Waals surface area contributed by atoms with Crippen LogP contribution in [0.1, 0.15) is 51.2 Å². The van der Waals surface area contributed by atoms with Gasteiger partial charge < -0.3 is 10.2 Å². The fourth-order valence-electron chi connectivity index (χ4n) is 9.50. The van der Waals surface area contributed by atoms with Crippen molar-refractivity contribution in [2.45, 2.75) is 17.6 Å². The molecule has 0 bridgehead atoms. The van der Waals surface area contributed by atoms with Gasteiger partial charge in [0.1, 0.15) is 6.17 Å². The molecule has 2 aliphatic heterocycles. The number of benzene rings is 8. The van der Waals surface area contributed by atoms with Gasteiger partial charge in [0.25, 0.3) is 0 Å².